The number of anilines is 1. The smallest absolute Gasteiger partial charge is 0.264 e. The summed E-state index contributed by atoms with van der Waals surface area (Å²) in [6, 6.07) is 25.4. The number of carbonyl (C=O) groups excluding carboxylic acids is 2. The molecular weight excluding hydrogens is 693 g/mol. The number of benzene rings is 4. The van der Waals surface area contributed by atoms with Crippen molar-refractivity contribution in [2.45, 2.75) is 57.1 Å². The minimum Gasteiger partial charge on any atom is -0.492 e. The maximum atomic E-state index is 14.7. The van der Waals surface area contributed by atoms with Crippen LogP contribution in [0.3, 0.4) is 0 Å². The molecule has 0 saturated heterocycles. The number of halogens is 3. The Morgan fingerprint density at radius 3 is 2.15 bits per heavy atom. The van der Waals surface area contributed by atoms with Crippen molar-refractivity contribution in [3.05, 3.63) is 123 Å². The molecule has 1 N–H and O–H groups in total. The van der Waals surface area contributed by atoms with Gasteiger partial charge >= 0.3 is 0 Å². The second-order valence-electron chi connectivity index (χ2n) is 11.2. The quantitative estimate of drug-likeness (QED) is 0.135. The van der Waals surface area contributed by atoms with Crippen molar-refractivity contribution in [3.63, 3.8) is 0 Å². The number of carbonyl (C=O) groups is 2. The van der Waals surface area contributed by atoms with Crippen LogP contribution < -0.4 is 14.4 Å². The molecule has 0 fully saturated rings. The lowest BCUT2D eigenvalue weighted by atomic mass is 10.0. The Morgan fingerprint density at radius 1 is 0.833 bits per heavy atom. The molecule has 0 aromatic heterocycles. The topological polar surface area (TPSA) is 96.0 Å². The SMILES string of the molecule is CCOc1ccccc1N(CC(=O)N(Cc1ccc(Cl)c(Cl)c1)[C@H](Cc1ccccc1)C(=O)N[C@H](C)CC)S(=O)(=O)c1ccc(Cl)cc1. The summed E-state index contributed by atoms with van der Waals surface area (Å²) >= 11 is 18.6. The zero-order chi connectivity index (χ0) is 34.8. The third-order valence-electron chi connectivity index (χ3n) is 7.72. The largest absolute Gasteiger partial charge is 0.492 e. The van der Waals surface area contributed by atoms with Gasteiger partial charge in [0.1, 0.15) is 18.3 Å². The predicted molar refractivity (Wildman–Crippen MR) is 192 cm³/mol. The molecule has 2 atom stereocenters. The molecule has 48 heavy (non-hydrogen) atoms. The van der Waals surface area contributed by atoms with Crippen molar-refractivity contribution >= 4 is 62.3 Å². The molecule has 0 aliphatic carbocycles. The Morgan fingerprint density at radius 2 is 1.50 bits per heavy atom. The number of nitrogens with zero attached hydrogens (tertiary/aromatic N) is 2. The fraction of sp³-hybridized carbons (Fsp3) is 0.278. The van der Waals surface area contributed by atoms with Crippen molar-refractivity contribution in [3.8, 4) is 5.75 Å². The van der Waals surface area contributed by atoms with Gasteiger partial charge < -0.3 is 15.0 Å². The molecule has 8 nitrogen and oxygen atoms in total. The third kappa shape index (κ3) is 9.44. The first kappa shape index (κ1) is 37.1. The van der Waals surface area contributed by atoms with Crippen LogP contribution >= 0.6 is 34.8 Å². The van der Waals surface area contributed by atoms with E-state index in [1.54, 1.807) is 49.4 Å². The van der Waals surface area contributed by atoms with E-state index < -0.39 is 28.5 Å². The van der Waals surface area contributed by atoms with Crippen LogP contribution in [0.4, 0.5) is 5.69 Å². The lowest BCUT2D eigenvalue weighted by Crippen LogP contribution is -2.54. The molecule has 0 aliphatic rings. The van der Waals surface area contributed by atoms with E-state index in [4.69, 9.17) is 39.5 Å². The highest BCUT2D eigenvalue weighted by molar-refractivity contribution is 7.92. The monoisotopic (exact) mass is 729 g/mol. The summed E-state index contributed by atoms with van der Waals surface area (Å²) in [6.07, 6.45) is 0.849. The summed E-state index contributed by atoms with van der Waals surface area (Å²) < 4.78 is 35.5. The molecule has 0 saturated carbocycles. The minimum atomic E-state index is -4.35. The normalized spacial score (nSPS) is 12.5. The van der Waals surface area contributed by atoms with Crippen molar-refractivity contribution in [1.29, 1.82) is 0 Å². The van der Waals surface area contributed by atoms with E-state index in [1.807, 2.05) is 44.2 Å². The standard InChI is InChI=1S/C36H38Cl3N3O5S/c1-4-25(3)40-36(44)33(22-26-11-7-6-8-12-26)41(23-27-15-20-30(38)31(39)21-27)35(43)24-42(32-13-9-10-14-34(32)47-5-2)48(45,46)29-18-16-28(37)17-19-29/h6-21,25,33H,4-5,22-24H2,1-3H3,(H,40,44)/t25-,33-/m1/s1. The molecule has 0 radical (unpaired) electrons. The van der Waals surface area contributed by atoms with E-state index in [0.717, 1.165) is 9.87 Å². The molecule has 4 aromatic rings. The van der Waals surface area contributed by atoms with Crippen LogP contribution in [0.5, 0.6) is 5.75 Å². The zero-order valence-corrected chi connectivity index (χ0v) is 30.0. The van der Waals surface area contributed by atoms with Crippen LogP contribution in [0.1, 0.15) is 38.3 Å². The Bertz CT molecular complexity index is 1810. The number of sulfonamides is 1. The van der Waals surface area contributed by atoms with Gasteiger partial charge in [-0.05, 0) is 79.9 Å². The van der Waals surface area contributed by atoms with E-state index in [1.165, 1.54) is 29.2 Å². The molecular formula is C36H38Cl3N3O5S. The molecule has 0 bridgehead atoms. The zero-order valence-electron chi connectivity index (χ0n) is 26.9. The van der Waals surface area contributed by atoms with Gasteiger partial charge in [0.05, 0.1) is 27.2 Å². The summed E-state index contributed by atoms with van der Waals surface area (Å²) in [7, 11) is -4.35. The molecule has 4 rings (SSSR count). The van der Waals surface area contributed by atoms with Gasteiger partial charge in [0, 0.05) is 24.0 Å². The summed E-state index contributed by atoms with van der Waals surface area (Å²) in [6.45, 7) is 5.18. The summed E-state index contributed by atoms with van der Waals surface area (Å²) in [5.74, 6) is -0.717. The second kappa shape index (κ2) is 17.1. The number of hydrogen-bond acceptors (Lipinski definition) is 5. The Kier molecular flexibility index (Phi) is 13.2. The predicted octanol–water partition coefficient (Wildman–Crippen LogP) is 7.80. The van der Waals surface area contributed by atoms with Crippen molar-refractivity contribution in [2.75, 3.05) is 17.5 Å². The Hall–Kier alpha value is -3.76. The molecule has 254 valence electrons. The van der Waals surface area contributed by atoms with Gasteiger partial charge in [-0.2, -0.15) is 0 Å². The van der Waals surface area contributed by atoms with Crippen LogP contribution in [0.15, 0.2) is 102 Å². The van der Waals surface area contributed by atoms with E-state index in [-0.39, 0.29) is 52.9 Å². The summed E-state index contributed by atoms with van der Waals surface area (Å²) in [4.78, 5) is 30.0. The first-order valence-corrected chi connectivity index (χ1v) is 18.1. The average Bonchev–Trinajstić information content (AvgIpc) is 3.07. The lowest BCUT2D eigenvalue weighted by Gasteiger charge is -2.34. The summed E-state index contributed by atoms with van der Waals surface area (Å²) in [5.41, 5.74) is 1.59. The summed E-state index contributed by atoms with van der Waals surface area (Å²) in [5, 5.41) is 3.99. The highest BCUT2D eigenvalue weighted by atomic mass is 35.5. The van der Waals surface area contributed by atoms with Gasteiger partial charge in [0.2, 0.25) is 11.8 Å². The van der Waals surface area contributed by atoms with Gasteiger partial charge in [0.15, 0.2) is 0 Å². The minimum absolute atomic E-state index is 0.0525. The number of para-hydroxylation sites is 2. The van der Waals surface area contributed by atoms with Crippen LogP contribution in [0, 0.1) is 0 Å². The van der Waals surface area contributed by atoms with E-state index in [0.29, 0.717) is 22.0 Å². The maximum Gasteiger partial charge on any atom is 0.264 e. The number of nitrogens with one attached hydrogen (secondary N) is 1. The molecule has 4 aromatic carbocycles. The molecule has 0 heterocycles. The van der Waals surface area contributed by atoms with Gasteiger partial charge in [-0.1, -0.05) is 90.3 Å². The number of amides is 2. The van der Waals surface area contributed by atoms with E-state index >= 15 is 0 Å². The highest BCUT2D eigenvalue weighted by Crippen LogP contribution is 2.33. The first-order chi connectivity index (χ1) is 22.9. The van der Waals surface area contributed by atoms with Gasteiger partial charge in [-0.25, -0.2) is 8.42 Å². The van der Waals surface area contributed by atoms with Crippen molar-refractivity contribution in [1.82, 2.24) is 10.2 Å². The number of rotatable bonds is 15. The Balaban J connectivity index is 1.86. The molecule has 12 heteroatoms. The lowest BCUT2D eigenvalue weighted by molar-refractivity contribution is -0.140. The Labute approximate surface area is 297 Å². The van der Waals surface area contributed by atoms with Crippen molar-refractivity contribution < 1.29 is 22.7 Å². The second-order valence-corrected chi connectivity index (χ2v) is 14.3. The van der Waals surface area contributed by atoms with Crippen LogP contribution in [0.25, 0.3) is 0 Å². The van der Waals surface area contributed by atoms with Crippen LogP contribution in [0.2, 0.25) is 15.1 Å². The number of ether oxygens (including phenoxy) is 1. The van der Waals surface area contributed by atoms with E-state index in [2.05, 4.69) is 5.32 Å². The van der Waals surface area contributed by atoms with E-state index in [9.17, 15) is 18.0 Å². The average molecular weight is 731 g/mol. The van der Waals surface area contributed by atoms with Crippen molar-refractivity contribution in [2.24, 2.45) is 0 Å². The van der Waals surface area contributed by atoms with Gasteiger partial charge in [-0.3, -0.25) is 13.9 Å². The molecule has 0 aliphatic heterocycles. The first-order valence-electron chi connectivity index (χ1n) is 15.5. The van der Waals surface area contributed by atoms with Crippen LogP contribution in [-0.4, -0.2) is 50.4 Å². The fourth-order valence-electron chi connectivity index (χ4n) is 5.02. The maximum absolute atomic E-state index is 14.7. The molecule has 0 unspecified atom stereocenters. The fourth-order valence-corrected chi connectivity index (χ4v) is 6.89. The van der Waals surface area contributed by atoms with Gasteiger partial charge in [0.25, 0.3) is 10.0 Å². The molecule has 0 spiro atoms. The highest BCUT2D eigenvalue weighted by Gasteiger charge is 2.36. The van der Waals surface area contributed by atoms with Gasteiger partial charge in [-0.15, -0.1) is 0 Å². The number of hydrogen-bond donors (Lipinski definition) is 1. The van der Waals surface area contributed by atoms with Crippen LogP contribution in [-0.2, 0) is 32.6 Å². The third-order valence-corrected chi connectivity index (χ3v) is 10.5. The molecule has 2 amide bonds.